The van der Waals surface area contributed by atoms with Crippen LogP contribution in [0.4, 0.5) is 0 Å². The first-order valence-corrected chi connectivity index (χ1v) is 16.5. The summed E-state index contributed by atoms with van der Waals surface area (Å²) in [6, 6.07) is 0. The van der Waals surface area contributed by atoms with Crippen LogP contribution >= 0.6 is 0 Å². The van der Waals surface area contributed by atoms with Gasteiger partial charge in [0.05, 0.1) is 19.8 Å². The number of esters is 3. The minimum Gasteiger partial charge on any atom is -0.464 e. The number of carbonyl (C=O) groups is 3. The molecular weight excluding hydrogens is 492 g/mol. The molecule has 6 nitrogen and oxygen atoms in total. The number of rotatable bonds is 28. The van der Waals surface area contributed by atoms with E-state index in [0.29, 0.717) is 6.42 Å². The van der Waals surface area contributed by atoms with Gasteiger partial charge in [0, 0.05) is 0 Å². The van der Waals surface area contributed by atoms with Crippen LogP contribution in [-0.2, 0) is 28.6 Å². The van der Waals surface area contributed by atoms with Gasteiger partial charge in [-0.2, -0.15) is 0 Å². The van der Waals surface area contributed by atoms with Gasteiger partial charge in [-0.05, 0) is 25.7 Å². The Morgan fingerprint density at radius 1 is 0.385 bits per heavy atom. The molecule has 0 fully saturated rings. The van der Waals surface area contributed by atoms with Crippen LogP contribution in [0.1, 0.15) is 169 Å². The number of hydrogen-bond donors (Lipinski definition) is 0. The van der Waals surface area contributed by atoms with Crippen LogP contribution in [-0.4, -0.2) is 37.7 Å². The Morgan fingerprint density at radius 2 is 0.641 bits per heavy atom. The van der Waals surface area contributed by atoms with E-state index in [1.54, 1.807) is 0 Å². The lowest BCUT2D eigenvalue weighted by Gasteiger charge is -2.27. The molecule has 0 saturated heterocycles. The zero-order valence-electron chi connectivity index (χ0n) is 26.1. The van der Waals surface area contributed by atoms with Gasteiger partial charge in [0.2, 0.25) is 0 Å². The van der Waals surface area contributed by atoms with Crippen molar-refractivity contribution >= 4 is 17.9 Å². The van der Waals surface area contributed by atoms with E-state index in [1.807, 2.05) is 6.92 Å². The summed E-state index contributed by atoms with van der Waals surface area (Å²) >= 11 is 0. The largest absolute Gasteiger partial charge is 0.464 e. The Labute approximate surface area is 240 Å². The van der Waals surface area contributed by atoms with Crippen molar-refractivity contribution in [2.75, 3.05) is 19.8 Å². The summed E-state index contributed by atoms with van der Waals surface area (Å²) in [7, 11) is 0. The van der Waals surface area contributed by atoms with Crippen LogP contribution < -0.4 is 0 Å². The topological polar surface area (TPSA) is 78.9 Å². The molecule has 0 atom stereocenters. The molecule has 0 spiro atoms. The molecule has 0 aliphatic rings. The third-order valence-corrected chi connectivity index (χ3v) is 7.39. The molecule has 0 saturated carbocycles. The second-order valence-corrected chi connectivity index (χ2v) is 11.1. The predicted octanol–water partition coefficient (Wildman–Crippen LogP) is 9.26. The molecular formula is C33H62O6. The van der Waals surface area contributed by atoms with Crippen molar-refractivity contribution in [3.8, 4) is 0 Å². The first kappa shape index (κ1) is 37.4. The van der Waals surface area contributed by atoms with E-state index >= 15 is 0 Å². The lowest BCUT2D eigenvalue weighted by molar-refractivity contribution is -0.185. The Hall–Kier alpha value is -1.59. The third kappa shape index (κ3) is 17.7. The monoisotopic (exact) mass is 554 g/mol. The van der Waals surface area contributed by atoms with Crippen LogP contribution in [0.25, 0.3) is 0 Å². The fourth-order valence-corrected chi connectivity index (χ4v) is 4.71. The lowest BCUT2D eigenvalue weighted by Crippen LogP contribution is -2.49. The molecule has 0 aliphatic carbocycles. The average Bonchev–Trinajstić information content (AvgIpc) is 2.93. The van der Waals surface area contributed by atoms with Gasteiger partial charge in [0.1, 0.15) is 0 Å². The van der Waals surface area contributed by atoms with Crippen molar-refractivity contribution in [1.29, 1.82) is 0 Å². The summed E-state index contributed by atoms with van der Waals surface area (Å²) in [6.07, 6.45) is 21.3. The summed E-state index contributed by atoms with van der Waals surface area (Å²) in [5.74, 6) is -2.39. The van der Waals surface area contributed by atoms with Crippen LogP contribution in [0.2, 0.25) is 0 Å². The van der Waals surface area contributed by atoms with Crippen molar-refractivity contribution in [2.24, 2.45) is 5.41 Å². The van der Waals surface area contributed by atoms with Gasteiger partial charge in [-0.1, -0.05) is 143 Å². The summed E-state index contributed by atoms with van der Waals surface area (Å²) in [6.45, 7) is 9.19. The minimum atomic E-state index is -2.03. The second-order valence-electron chi connectivity index (χ2n) is 11.1. The molecule has 0 aromatic rings. The van der Waals surface area contributed by atoms with E-state index in [9.17, 15) is 14.4 Å². The predicted molar refractivity (Wildman–Crippen MR) is 160 cm³/mol. The molecule has 0 rings (SSSR count). The highest BCUT2D eigenvalue weighted by Gasteiger charge is 2.57. The van der Waals surface area contributed by atoms with E-state index in [0.717, 1.165) is 70.6 Å². The summed E-state index contributed by atoms with van der Waals surface area (Å²) in [5.41, 5.74) is -2.03. The van der Waals surface area contributed by atoms with Gasteiger partial charge in [-0.3, -0.25) is 14.4 Å². The zero-order chi connectivity index (χ0) is 29.0. The number of unbranched alkanes of at least 4 members (excludes halogenated alkanes) is 17. The van der Waals surface area contributed by atoms with Crippen LogP contribution in [0.15, 0.2) is 0 Å². The third-order valence-electron chi connectivity index (χ3n) is 7.39. The van der Waals surface area contributed by atoms with Gasteiger partial charge >= 0.3 is 17.9 Å². The first-order valence-electron chi connectivity index (χ1n) is 16.5. The van der Waals surface area contributed by atoms with E-state index < -0.39 is 23.3 Å². The van der Waals surface area contributed by atoms with Crippen LogP contribution in [0, 0.1) is 5.41 Å². The highest BCUT2D eigenvalue weighted by atomic mass is 16.6. The standard InChI is InChI=1S/C33H62O6/c1-5-9-13-16-19-23-27-37-30(34)33(26-22-12-8-4,31(35)38-28-24-20-17-14-10-6-2)32(36)39-29-25-21-18-15-11-7-3/h5-29H2,1-4H3. The smallest absolute Gasteiger partial charge is 0.335 e. The molecule has 0 amide bonds. The Bertz CT molecular complexity index is 529. The lowest BCUT2D eigenvalue weighted by atomic mass is 9.82. The maximum absolute atomic E-state index is 13.5. The Kier molecular flexibility index (Phi) is 25.5. The molecule has 0 aromatic carbocycles. The summed E-state index contributed by atoms with van der Waals surface area (Å²) < 4.78 is 16.8. The summed E-state index contributed by atoms with van der Waals surface area (Å²) in [4.78, 5) is 40.4. The highest BCUT2D eigenvalue weighted by Crippen LogP contribution is 2.32. The quantitative estimate of drug-likeness (QED) is 0.0415. The van der Waals surface area contributed by atoms with Crippen LogP contribution in [0.5, 0.6) is 0 Å². The fourth-order valence-electron chi connectivity index (χ4n) is 4.71. The van der Waals surface area contributed by atoms with Crippen molar-refractivity contribution in [2.45, 2.75) is 169 Å². The maximum Gasteiger partial charge on any atom is 0.335 e. The van der Waals surface area contributed by atoms with Crippen molar-refractivity contribution in [3.63, 3.8) is 0 Å². The number of carbonyl (C=O) groups excluding carboxylic acids is 3. The average molecular weight is 555 g/mol. The second kappa shape index (κ2) is 26.6. The highest BCUT2D eigenvalue weighted by molar-refractivity contribution is 6.17. The van der Waals surface area contributed by atoms with Crippen molar-refractivity contribution < 1.29 is 28.6 Å². The molecule has 0 aliphatic heterocycles. The molecule has 0 heterocycles. The Balaban J connectivity index is 5.29. The minimum absolute atomic E-state index is 0.0703. The zero-order valence-corrected chi connectivity index (χ0v) is 26.1. The van der Waals surface area contributed by atoms with Gasteiger partial charge in [0.15, 0.2) is 0 Å². The van der Waals surface area contributed by atoms with E-state index in [4.69, 9.17) is 14.2 Å². The number of ether oxygens (including phenoxy) is 3. The van der Waals surface area contributed by atoms with E-state index in [-0.39, 0.29) is 26.2 Å². The Morgan fingerprint density at radius 3 is 0.949 bits per heavy atom. The van der Waals surface area contributed by atoms with Gasteiger partial charge in [-0.15, -0.1) is 0 Å². The van der Waals surface area contributed by atoms with Gasteiger partial charge < -0.3 is 14.2 Å². The van der Waals surface area contributed by atoms with Crippen LogP contribution in [0.3, 0.4) is 0 Å². The maximum atomic E-state index is 13.5. The van der Waals surface area contributed by atoms with E-state index in [1.165, 1.54) is 57.8 Å². The fraction of sp³-hybridized carbons (Fsp3) is 0.909. The molecule has 39 heavy (non-hydrogen) atoms. The molecule has 0 aromatic heterocycles. The van der Waals surface area contributed by atoms with E-state index in [2.05, 4.69) is 20.8 Å². The molecule has 0 bridgehead atoms. The molecule has 230 valence electrons. The molecule has 6 heteroatoms. The molecule has 0 radical (unpaired) electrons. The normalized spacial score (nSPS) is 11.4. The van der Waals surface area contributed by atoms with Gasteiger partial charge in [-0.25, -0.2) is 0 Å². The molecule has 0 unspecified atom stereocenters. The summed E-state index contributed by atoms with van der Waals surface area (Å²) in [5, 5.41) is 0. The first-order chi connectivity index (χ1) is 19.0. The van der Waals surface area contributed by atoms with Gasteiger partial charge in [0.25, 0.3) is 5.41 Å². The number of hydrogen-bond acceptors (Lipinski definition) is 6. The van der Waals surface area contributed by atoms with Crippen molar-refractivity contribution in [3.05, 3.63) is 0 Å². The molecule has 0 N–H and O–H groups in total. The van der Waals surface area contributed by atoms with Crippen molar-refractivity contribution in [1.82, 2.24) is 0 Å². The SMILES string of the molecule is CCCCCCCCOC(=O)C(CCCCC)(C(=O)OCCCCCCCC)C(=O)OCCCCCCCC.